The smallest absolute Gasteiger partial charge is 0.216 e. The lowest BCUT2D eigenvalue weighted by Crippen LogP contribution is -2.07. The van der Waals surface area contributed by atoms with Crippen LogP contribution < -0.4 is 0 Å². The van der Waals surface area contributed by atoms with Crippen molar-refractivity contribution in [3.05, 3.63) is 10.6 Å². The van der Waals surface area contributed by atoms with Crippen molar-refractivity contribution in [1.82, 2.24) is 14.9 Å². The molecule has 0 radical (unpaired) electrons. The first-order valence-corrected chi connectivity index (χ1v) is 5.18. The van der Waals surface area contributed by atoms with Crippen molar-refractivity contribution in [3.63, 3.8) is 0 Å². The summed E-state index contributed by atoms with van der Waals surface area (Å²) in [6.07, 6.45) is 0.821. The minimum Gasteiger partial charge on any atom is -0.250 e. The first-order chi connectivity index (χ1) is 6.56. The second-order valence-corrected chi connectivity index (χ2v) is 3.89. The van der Waals surface area contributed by atoms with Crippen molar-refractivity contribution < 1.29 is 0 Å². The van der Waals surface area contributed by atoms with Gasteiger partial charge >= 0.3 is 0 Å². The van der Waals surface area contributed by atoms with Crippen LogP contribution in [-0.4, -0.2) is 20.6 Å². The zero-order valence-corrected chi connectivity index (χ0v) is 9.85. The van der Waals surface area contributed by atoms with Crippen molar-refractivity contribution in [2.75, 3.05) is 0 Å². The first kappa shape index (κ1) is 11.1. The zero-order valence-electron chi connectivity index (χ0n) is 9.03. The minimum absolute atomic E-state index is 0.427. The Bertz CT molecular complexity index is 386. The third-order valence-corrected chi connectivity index (χ3v) is 2.39. The van der Waals surface area contributed by atoms with Gasteiger partial charge in [0.05, 0.1) is 0 Å². The zero-order chi connectivity index (χ0) is 10.7. The molecule has 1 rings (SSSR count). The molecule has 0 bridgehead atoms. The maximum Gasteiger partial charge on any atom is 0.216 e. The normalized spacial score (nSPS) is 12.5. The summed E-state index contributed by atoms with van der Waals surface area (Å²) in [7, 11) is 0. The average Bonchev–Trinajstić information content (AvgIpc) is 2.47. The van der Waals surface area contributed by atoms with Crippen LogP contribution in [0, 0.1) is 10.7 Å². The second kappa shape index (κ2) is 4.50. The molecule has 0 saturated carbocycles. The number of rotatable bonds is 3. The Morgan fingerprint density at radius 1 is 1.64 bits per heavy atom. The van der Waals surface area contributed by atoms with Crippen molar-refractivity contribution in [1.29, 1.82) is 0 Å². The average molecular weight is 212 g/mol. The van der Waals surface area contributed by atoms with Gasteiger partial charge in [-0.05, 0) is 25.1 Å². The Morgan fingerprint density at radius 3 is 2.79 bits per heavy atom. The fraction of sp³-hybridized carbons (Fsp3) is 0.667. The molecule has 0 fully saturated rings. The highest BCUT2D eigenvalue weighted by molar-refractivity contribution is 7.71. The highest BCUT2D eigenvalue weighted by atomic mass is 32.1. The fourth-order valence-corrected chi connectivity index (χ4v) is 1.12. The Balaban J connectivity index is 3.12. The van der Waals surface area contributed by atoms with Gasteiger partial charge in [-0.3, -0.25) is 5.10 Å². The first-order valence-electron chi connectivity index (χ1n) is 4.78. The molecular weight excluding hydrogens is 196 g/mol. The molecule has 1 N–H and O–H groups in total. The van der Waals surface area contributed by atoms with Gasteiger partial charge in [-0.15, -0.1) is 0 Å². The van der Waals surface area contributed by atoms with E-state index in [1.807, 2.05) is 13.8 Å². The molecule has 0 aliphatic heterocycles. The maximum absolute atomic E-state index is 5.08. The Hall–Kier alpha value is -0.970. The largest absolute Gasteiger partial charge is 0.250 e. The van der Waals surface area contributed by atoms with Gasteiger partial charge < -0.3 is 0 Å². The lowest BCUT2D eigenvalue weighted by atomic mass is 10.1. The van der Waals surface area contributed by atoms with Gasteiger partial charge in [-0.25, -0.2) is 0 Å². The number of aryl methyl sites for hydroxylation is 1. The van der Waals surface area contributed by atoms with E-state index in [0.717, 1.165) is 18.0 Å². The van der Waals surface area contributed by atoms with E-state index < -0.39 is 0 Å². The predicted octanol–water partition coefficient (Wildman–Crippen LogP) is 2.38. The van der Waals surface area contributed by atoms with Crippen molar-refractivity contribution in [2.24, 2.45) is 11.0 Å². The minimum atomic E-state index is 0.427. The van der Waals surface area contributed by atoms with Crippen LogP contribution in [0.15, 0.2) is 5.10 Å². The second-order valence-electron chi connectivity index (χ2n) is 3.51. The lowest BCUT2D eigenvalue weighted by molar-refractivity contribution is 0.752. The summed E-state index contributed by atoms with van der Waals surface area (Å²) in [6.45, 7) is 8.24. The van der Waals surface area contributed by atoms with E-state index in [4.69, 9.17) is 12.2 Å². The Labute approximate surface area is 89.0 Å². The monoisotopic (exact) mass is 212 g/mol. The molecule has 78 valence electrons. The van der Waals surface area contributed by atoms with Crippen LogP contribution in [0.3, 0.4) is 0 Å². The van der Waals surface area contributed by atoms with Gasteiger partial charge in [0.1, 0.15) is 0 Å². The molecule has 0 saturated heterocycles. The van der Waals surface area contributed by atoms with Crippen LogP contribution in [0.2, 0.25) is 0 Å². The number of nitrogens with zero attached hydrogens (tertiary/aromatic N) is 3. The van der Waals surface area contributed by atoms with E-state index in [1.54, 1.807) is 4.68 Å². The topological polar surface area (TPSA) is 46.0 Å². The molecular formula is C9H16N4S. The molecule has 0 aliphatic rings. The third-order valence-electron chi connectivity index (χ3n) is 2.13. The third kappa shape index (κ3) is 2.29. The quantitative estimate of drug-likeness (QED) is 0.617. The van der Waals surface area contributed by atoms with Crippen LogP contribution >= 0.6 is 12.2 Å². The molecule has 4 nitrogen and oxygen atoms in total. The number of aromatic nitrogens is 3. The van der Waals surface area contributed by atoms with Crippen LogP contribution in [0.5, 0.6) is 0 Å². The van der Waals surface area contributed by atoms with E-state index in [2.05, 4.69) is 29.1 Å². The lowest BCUT2D eigenvalue weighted by Gasteiger charge is -2.04. The molecule has 0 amide bonds. The summed E-state index contributed by atoms with van der Waals surface area (Å²) in [5.74, 6) is 1.30. The fourth-order valence-electron chi connectivity index (χ4n) is 0.929. The summed E-state index contributed by atoms with van der Waals surface area (Å²) >= 11 is 5.08. The molecule has 5 heteroatoms. The summed E-state index contributed by atoms with van der Waals surface area (Å²) < 4.78 is 2.26. The molecule has 1 heterocycles. The molecule has 0 aliphatic carbocycles. The van der Waals surface area contributed by atoms with Crippen LogP contribution in [0.25, 0.3) is 0 Å². The van der Waals surface area contributed by atoms with Crippen LogP contribution in [-0.2, 0) is 6.42 Å². The van der Waals surface area contributed by atoms with Gasteiger partial charge in [-0.2, -0.15) is 14.9 Å². The molecule has 0 aromatic carbocycles. The maximum atomic E-state index is 5.08. The van der Waals surface area contributed by atoms with Crippen LogP contribution in [0.1, 0.15) is 33.5 Å². The molecule has 0 unspecified atom stereocenters. The van der Waals surface area contributed by atoms with Crippen molar-refractivity contribution in [2.45, 2.75) is 34.1 Å². The standard InChI is InChI=1S/C9H16N4S/c1-5-8-10-11-9(14)13(8)12-7(4)6(2)3/h6H,5H2,1-4H3,(H,11,14). The van der Waals surface area contributed by atoms with Gasteiger partial charge in [0, 0.05) is 12.1 Å². The SMILES string of the molecule is CCc1n[nH]c(=S)n1N=C(C)C(C)C. The summed E-state index contributed by atoms with van der Waals surface area (Å²) in [4.78, 5) is 0. The van der Waals surface area contributed by atoms with E-state index in [9.17, 15) is 0 Å². The predicted molar refractivity (Wildman–Crippen MR) is 60.1 cm³/mol. The molecule has 14 heavy (non-hydrogen) atoms. The summed E-state index contributed by atoms with van der Waals surface area (Å²) in [5.41, 5.74) is 1.05. The molecule has 0 atom stereocenters. The number of hydrogen-bond acceptors (Lipinski definition) is 3. The van der Waals surface area contributed by atoms with Crippen molar-refractivity contribution in [3.8, 4) is 0 Å². The van der Waals surface area contributed by atoms with E-state index in [0.29, 0.717) is 10.7 Å². The number of H-pyrrole nitrogens is 1. The van der Waals surface area contributed by atoms with E-state index in [1.165, 1.54) is 0 Å². The Kier molecular flexibility index (Phi) is 3.57. The number of aromatic amines is 1. The van der Waals surface area contributed by atoms with E-state index >= 15 is 0 Å². The number of hydrogen-bond donors (Lipinski definition) is 1. The van der Waals surface area contributed by atoms with Gasteiger partial charge in [-0.1, -0.05) is 20.8 Å². The summed E-state index contributed by atoms with van der Waals surface area (Å²) in [5, 5.41) is 11.3. The molecule has 1 aromatic heterocycles. The number of nitrogens with one attached hydrogen (secondary N) is 1. The summed E-state index contributed by atoms with van der Waals surface area (Å²) in [6, 6.07) is 0. The van der Waals surface area contributed by atoms with Gasteiger partial charge in [0.15, 0.2) is 5.82 Å². The molecule has 0 spiro atoms. The highest BCUT2D eigenvalue weighted by Crippen LogP contribution is 2.02. The molecule has 1 aromatic rings. The van der Waals surface area contributed by atoms with E-state index in [-0.39, 0.29) is 0 Å². The van der Waals surface area contributed by atoms with Gasteiger partial charge in [0.25, 0.3) is 0 Å². The van der Waals surface area contributed by atoms with Crippen LogP contribution in [0.4, 0.5) is 0 Å². The Morgan fingerprint density at radius 2 is 2.29 bits per heavy atom. The highest BCUT2D eigenvalue weighted by Gasteiger charge is 2.04. The van der Waals surface area contributed by atoms with Gasteiger partial charge in [0.2, 0.25) is 4.77 Å². The van der Waals surface area contributed by atoms with Crippen molar-refractivity contribution >= 4 is 17.9 Å².